The fourth-order valence-electron chi connectivity index (χ4n) is 3.30. The van der Waals surface area contributed by atoms with Crippen LogP contribution in [-0.4, -0.2) is 36.1 Å². The summed E-state index contributed by atoms with van der Waals surface area (Å²) >= 11 is 0. The number of aromatic nitrogens is 1. The number of nitrogens with one attached hydrogen (secondary N) is 2. The first-order valence-electron chi connectivity index (χ1n) is 9.20. The van der Waals surface area contributed by atoms with Crippen LogP contribution in [0.4, 0.5) is 5.69 Å². The predicted octanol–water partition coefficient (Wildman–Crippen LogP) is 2.59. The van der Waals surface area contributed by atoms with E-state index in [2.05, 4.69) is 10.6 Å². The summed E-state index contributed by atoms with van der Waals surface area (Å²) in [7, 11) is 0. The summed E-state index contributed by atoms with van der Waals surface area (Å²) in [6, 6.07) is 7.35. The highest BCUT2D eigenvalue weighted by molar-refractivity contribution is 6.03. The summed E-state index contributed by atoms with van der Waals surface area (Å²) in [6.45, 7) is 3.82. The molecule has 26 heavy (non-hydrogen) atoms. The van der Waals surface area contributed by atoms with Crippen molar-refractivity contribution < 1.29 is 14.3 Å². The van der Waals surface area contributed by atoms with Gasteiger partial charge < -0.3 is 10.1 Å². The zero-order valence-corrected chi connectivity index (χ0v) is 15.3. The van der Waals surface area contributed by atoms with Gasteiger partial charge in [-0.05, 0) is 51.2 Å². The van der Waals surface area contributed by atoms with Gasteiger partial charge in [-0.3, -0.25) is 19.9 Å². The molecule has 2 aromatic rings. The van der Waals surface area contributed by atoms with Gasteiger partial charge in [-0.25, -0.2) is 0 Å². The smallest absolute Gasteiger partial charge is 0.322 e. The normalized spacial score (nSPS) is 14.5. The molecular weight excluding hydrogens is 330 g/mol. The molecule has 1 amide bonds. The van der Waals surface area contributed by atoms with Gasteiger partial charge >= 0.3 is 5.97 Å². The third-order valence-corrected chi connectivity index (χ3v) is 4.64. The molecule has 0 aliphatic heterocycles. The topological polar surface area (TPSA) is 80.3 Å². The van der Waals surface area contributed by atoms with Crippen molar-refractivity contribution in [3.63, 3.8) is 0 Å². The molecule has 1 atom stereocenters. The molecule has 6 heteroatoms. The van der Waals surface area contributed by atoms with E-state index in [1.807, 2.05) is 24.3 Å². The maximum absolute atomic E-state index is 12.5. The minimum atomic E-state index is -0.524. The molecule has 1 heterocycles. The quantitative estimate of drug-likeness (QED) is 0.779. The number of fused-ring (bicyclic) bond motifs is 2. The molecule has 1 aliphatic carbocycles. The van der Waals surface area contributed by atoms with Crippen molar-refractivity contribution in [1.82, 2.24) is 10.3 Å². The Morgan fingerprint density at radius 3 is 2.81 bits per heavy atom. The first-order chi connectivity index (χ1) is 12.6. The van der Waals surface area contributed by atoms with E-state index in [1.165, 1.54) is 0 Å². The fourth-order valence-corrected chi connectivity index (χ4v) is 3.30. The molecule has 2 N–H and O–H groups in total. The van der Waals surface area contributed by atoms with Crippen LogP contribution in [0, 0.1) is 0 Å². The Bertz CT molecular complexity index is 819. The van der Waals surface area contributed by atoms with E-state index in [1.54, 1.807) is 13.8 Å². The van der Waals surface area contributed by atoms with Crippen molar-refractivity contribution in [2.24, 2.45) is 0 Å². The number of aryl methyl sites for hydroxylation is 1. The van der Waals surface area contributed by atoms with Gasteiger partial charge in [-0.15, -0.1) is 0 Å². The second-order valence-electron chi connectivity index (χ2n) is 6.54. The Hall–Kier alpha value is -2.47. The predicted molar refractivity (Wildman–Crippen MR) is 101 cm³/mol. The van der Waals surface area contributed by atoms with E-state index in [-0.39, 0.29) is 18.4 Å². The molecule has 3 rings (SSSR count). The van der Waals surface area contributed by atoms with Crippen LogP contribution in [0.25, 0.3) is 10.9 Å². The van der Waals surface area contributed by atoms with Crippen molar-refractivity contribution in [1.29, 1.82) is 0 Å². The Morgan fingerprint density at radius 2 is 2.00 bits per heavy atom. The van der Waals surface area contributed by atoms with E-state index >= 15 is 0 Å². The monoisotopic (exact) mass is 355 g/mol. The zero-order valence-electron chi connectivity index (χ0n) is 15.3. The molecule has 0 spiro atoms. The third-order valence-electron chi connectivity index (χ3n) is 4.64. The molecule has 0 radical (unpaired) electrons. The maximum Gasteiger partial charge on any atom is 0.322 e. The van der Waals surface area contributed by atoms with Crippen LogP contribution < -0.4 is 10.6 Å². The van der Waals surface area contributed by atoms with Crippen molar-refractivity contribution in [2.45, 2.75) is 45.6 Å². The lowest BCUT2D eigenvalue weighted by molar-refractivity contribution is -0.145. The minimum absolute atomic E-state index is 0.0470. The average Bonchev–Trinajstić information content (AvgIpc) is 2.66. The first kappa shape index (κ1) is 18.3. The van der Waals surface area contributed by atoms with Gasteiger partial charge in [-0.1, -0.05) is 18.2 Å². The third kappa shape index (κ3) is 4.02. The largest absolute Gasteiger partial charge is 0.465 e. The lowest BCUT2D eigenvalue weighted by Crippen LogP contribution is -2.40. The van der Waals surface area contributed by atoms with Crippen LogP contribution >= 0.6 is 0 Å². The van der Waals surface area contributed by atoms with Crippen molar-refractivity contribution in [2.75, 3.05) is 18.5 Å². The molecule has 1 aliphatic rings. The lowest BCUT2D eigenvalue weighted by Gasteiger charge is -2.21. The van der Waals surface area contributed by atoms with E-state index in [0.717, 1.165) is 53.5 Å². The number of carbonyl (C=O) groups is 2. The van der Waals surface area contributed by atoms with Gasteiger partial charge in [0.15, 0.2) is 0 Å². The van der Waals surface area contributed by atoms with Gasteiger partial charge in [0.25, 0.3) is 0 Å². The van der Waals surface area contributed by atoms with Crippen molar-refractivity contribution in [3.8, 4) is 0 Å². The second kappa shape index (κ2) is 8.27. The number of amides is 1. The standard InChI is InChI=1S/C20H25N3O3/c1-3-26-20(25)13(2)21-12-18(24)23-19-14-8-4-6-10-16(14)22-17-11-7-5-9-15(17)19/h4,6,8,10,13,21H,3,5,7,9,11-12H2,1-2H3,(H,22,23,24)/t13-/m0/s1. The summed E-state index contributed by atoms with van der Waals surface area (Å²) in [5, 5.41) is 6.92. The van der Waals surface area contributed by atoms with Gasteiger partial charge in [-0.2, -0.15) is 0 Å². The molecule has 1 aromatic heterocycles. The van der Waals surface area contributed by atoms with Crippen LogP contribution in [-0.2, 0) is 27.2 Å². The number of carbonyl (C=O) groups excluding carboxylic acids is 2. The summed E-state index contributed by atoms with van der Waals surface area (Å²) in [6.07, 6.45) is 4.11. The Kier molecular flexibility index (Phi) is 5.83. The van der Waals surface area contributed by atoms with Crippen molar-refractivity contribution in [3.05, 3.63) is 35.5 Å². The van der Waals surface area contributed by atoms with E-state index < -0.39 is 6.04 Å². The molecule has 0 bridgehead atoms. The zero-order chi connectivity index (χ0) is 18.5. The highest BCUT2D eigenvalue weighted by Gasteiger charge is 2.20. The van der Waals surface area contributed by atoms with Crippen LogP contribution in [0.2, 0.25) is 0 Å². The lowest BCUT2D eigenvalue weighted by atomic mass is 9.92. The van der Waals surface area contributed by atoms with Gasteiger partial charge in [0.05, 0.1) is 24.4 Å². The van der Waals surface area contributed by atoms with E-state index in [9.17, 15) is 9.59 Å². The summed E-state index contributed by atoms with van der Waals surface area (Å²) < 4.78 is 4.94. The number of rotatable bonds is 6. The number of pyridine rings is 1. The second-order valence-corrected chi connectivity index (χ2v) is 6.54. The van der Waals surface area contributed by atoms with Gasteiger partial charge in [0.2, 0.25) is 5.91 Å². The Morgan fingerprint density at radius 1 is 1.23 bits per heavy atom. The molecule has 6 nitrogen and oxygen atoms in total. The minimum Gasteiger partial charge on any atom is -0.465 e. The molecule has 0 saturated carbocycles. The summed E-state index contributed by atoms with van der Waals surface area (Å²) in [5.74, 6) is -0.530. The molecule has 0 fully saturated rings. The molecule has 0 saturated heterocycles. The van der Waals surface area contributed by atoms with E-state index in [4.69, 9.17) is 9.72 Å². The van der Waals surface area contributed by atoms with Crippen molar-refractivity contribution >= 4 is 28.5 Å². The SMILES string of the molecule is CCOC(=O)[C@H](C)NCC(=O)Nc1c2c(nc3ccccc13)CCCC2. The van der Waals surface area contributed by atoms with Crippen LogP contribution in [0.1, 0.15) is 37.9 Å². The first-order valence-corrected chi connectivity index (χ1v) is 9.20. The number of benzene rings is 1. The molecular formula is C20H25N3O3. The molecule has 138 valence electrons. The maximum atomic E-state index is 12.5. The van der Waals surface area contributed by atoms with E-state index in [0.29, 0.717) is 6.61 Å². The summed E-state index contributed by atoms with van der Waals surface area (Å²) in [5.41, 5.74) is 3.98. The number of anilines is 1. The van der Waals surface area contributed by atoms with Crippen LogP contribution in [0.15, 0.2) is 24.3 Å². The number of nitrogens with zero attached hydrogens (tertiary/aromatic N) is 1. The number of esters is 1. The number of hydrogen-bond acceptors (Lipinski definition) is 5. The summed E-state index contributed by atoms with van der Waals surface area (Å²) in [4.78, 5) is 28.9. The molecule has 0 unspecified atom stereocenters. The highest BCUT2D eigenvalue weighted by Crippen LogP contribution is 2.33. The number of hydrogen-bond donors (Lipinski definition) is 2. The molecule has 1 aromatic carbocycles. The number of ether oxygens (including phenoxy) is 1. The Labute approximate surface area is 153 Å². The highest BCUT2D eigenvalue weighted by atomic mass is 16.5. The van der Waals surface area contributed by atoms with Crippen LogP contribution in [0.5, 0.6) is 0 Å². The average molecular weight is 355 g/mol. The van der Waals surface area contributed by atoms with Crippen LogP contribution in [0.3, 0.4) is 0 Å². The number of para-hydroxylation sites is 1. The Balaban J connectivity index is 1.77. The van der Waals surface area contributed by atoms with Gasteiger partial charge in [0.1, 0.15) is 6.04 Å². The van der Waals surface area contributed by atoms with Gasteiger partial charge in [0, 0.05) is 11.1 Å². The fraction of sp³-hybridized carbons (Fsp3) is 0.450.